The van der Waals surface area contributed by atoms with Crippen LogP contribution in [0.1, 0.15) is 21.5 Å². The number of thioether (sulfide) groups is 1. The van der Waals surface area contributed by atoms with Crippen molar-refractivity contribution in [1.82, 2.24) is 25.0 Å². The monoisotopic (exact) mass is 419 g/mol. The molecule has 1 N–H and O–H groups in total. The van der Waals surface area contributed by atoms with Gasteiger partial charge in [-0.15, -0.1) is 10.2 Å². The van der Waals surface area contributed by atoms with E-state index in [1.807, 2.05) is 12.1 Å². The molecular formula is C19H13N7OS2. The minimum absolute atomic E-state index is 0.302. The van der Waals surface area contributed by atoms with Crippen LogP contribution in [-0.2, 0) is 5.75 Å². The number of nitriles is 1. The fraction of sp³-hybridized carbons (Fsp3) is 0.0526. The van der Waals surface area contributed by atoms with Crippen molar-refractivity contribution in [2.45, 2.75) is 10.1 Å². The maximum Gasteiger partial charge on any atom is 0.259 e. The van der Waals surface area contributed by atoms with Gasteiger partial charge in [-0.1, -0.05) is 35.2 Å². The standard InChI is InChI=1S/C19H13N7OS2/c20-10-13-2-4-14(5-3-13)12-28-19-25-24-18(29-19)23-17(27)15-6-7-16(21-11-15)26-9-1-8-22-26/h1-9,11H,12H2,(H,23,24,27). The van der Waals surface area contributed by atoms with Crippen LogP contribution >= 0.6 is 23.1 Å². The van der Waals surface area contributed by atoms with Gasteiger partial charge in [-0.3, -0.25) is 10.1 Å². The summed E-state index contributed by atoms with van der Waals surface area (Å²) in [6, 6.07) is 14.7. The Morgan fingerprint density at radius 3 is 2.76 bits per heavy atom. The van der Waals surface area contributed by atoms with Crippen molar-refractivity contribution in [3.05, 3.63) is 77.7 Å². The molecule has 0 radical (unpaired) electrons. The summed E-state index contributed by atoms with van der Waals surface area (Å²) >= 11 is 2.83. The van der Waals surface area contributed by atoms with Gasteiger partial charge in [0.25, 0.3) is 5.91 Å². The molecule has 10 heteroatoms. The number of nitrogens with one attached hydrogen (secondary N) is 1. The second-order valence-electron chi connectivity index (χ2n) is 5.78. The second-order valence-corrected chi connectivity index (χ2v) is 7.98. The highest BCUT2D eigenvalue weighted by atomic mass is 32.2. The van der Waals surface area contributed by atoms with Gasteiger partial charge in [-0.25, -0.2) is 9.67 Å². The molecule has 0 atom stereocenters. The van der Waals surface area contributed by atoms with Crippen molar-refractivity contribution < 1.29 is 4.79 Å². The minimum Gasteiger partial charge on any atom is -0.296 e. The van der Waals surface area contributed by atoms with E-state index in [2.05, 4.69) is 31.7 Å². The number of carbonyl (C=O) groups excluding carboxylic acids is 1. The molecular weight excluding hydrogens is 406 g/mol. The van der Waals surface area contributed by atoms with E-state index >= 15 is 0 Å². The molecule has 0 saturated carbocycles. The van der Waals surface area contributed by atoms with E-state index in [0.717, 1.165) is 9.90 Å². The van der Waals surface area contributed by atoms with E-state index in [9.17, 15) is 4.79 Å². The minimum atomic E-state index is -0.302. The van der Waals surface area contributed by atoms with Gasteiger partial charge in [0.1, 0.15) is 0 Å². The number of benzene rings is 1. The van der Waals surface area contributed by atoms with Crippen LogP contribution in [-0.4, -0.2) is 30.9 Å². The summed E-state index contributed by atoms with van der Waals surface area (Å²) < 4.78 is 2.36. The van der Waals surface area contributed by atoms with Crippen LogP contribution in [0.5, 0.6) is 0 Å². The first-order valence-corrected chi connectivity index (χ1v) is 10.2. The van der Waals surface area contributed by atoms with Crippen LogP contribution < -0.4 is 5.32 Å². The van der Waals surface area contributed by atoms with Crippen LogP contribution in [0.4, 0.5) is 5.13 Å². The van der Waals surface area contributed by atoms with Crippen LogP contribution in [0.25, 0.3) is 5.82 Å². The Morgan fingerprint density at radius 2 is 2.07 bits per heavy atom. The Kier molecular flexibility index (Phi) is 5.60. The fourth-order valence-electron chi connectivity index (χ4n) is 2.37. The zero-order chi connectivity index (χ0) is 20.1. The van der Waals surface area contributed by atoms with E-state index < -0.39 is 0 Å². The highest BCUT2D eigenvalue weighted by Crippen LogP contribution is 2.28. The molecule has 0 spiro atoms. The number of carbonyl (C=O) groups is 1. The molecule has 0 saturated heterocycles. The molecule has 1 amide bonds. The van der Waals surface area contributed by atoms with Crippen LogP contribution in [0.15, 0.2) is 65.4 Å². The molecule has 4 rings (SSSR count). The van der Waals surface area contributed by atoms with Crippen LogP contribution in [0, 0.1) is 11.3 Å². The fourth-order valence-corrected chi connectivity index (χ4v) is 4.07. The van der Waals surface area contributed by atoms with Gasteiger partial charge in [0.05, 0.1) is 17.2 Å². The van der Waals surface area contributed by atoms with Gasteiger partial charge in [-0.2, -0.15) is 10.4 Å². The van der Waals surface area contributed by atoms with Crippen molar-refractivity contribution in [2.24, 2.45) is 0 Å². The lowest BCUT2D eigenvalue weighted by Gasteiger charge is -2.03. The Bertz CT molecular complexity index is 1150. The molecule has 3 aromatic heterocycles. The molecule has 0 unspecified atom stereocenters. The largest absolute Gasteiger partial charge is 0.296 e. The number of hydrogen-bond acceptors (Lipinski definition) is 8. The number of pyridine rings is 1. The predicted octanol–water partition coefficient (Wildman–Crippen LogP) is 3.54. The molecule has 1 aromatic carbocycles. The van der Waals surface area contributed by atoms with Gasteiger partial charge in [0.15, 0.2) is 10.2 Å². The van der Waals surface area contributed by atoms with Crippen molar-refractivity contribution in [3.8, 4) is 11.9 Å². The first kappa shape index (κ1) is 18.8. The molecule has 0 aliphatic carbocycles. The van der Waals surface area contributed by atoms with E-state index in [1.165, 1.54) is 29.3 Å². The molecule has 0 aliphatic rings. The SMILES string of the molecule is N#Cc1ccc(CSc2nnc(NC(=O)c3ccc(-n4cccn4)nc3)s2)cc1. The summed E-state index contributed by atoms with van der Waals surface area (Å²) in [7, 11) is 0. The van der Waals surface area contributed by atoms with E-state index in [1.54, 1.807) is 47.4 Å². The smallest absolute Gasteiger partial charge is 0.259 e. The third kappa shape index (κ3) is 4.66. The lowest BCUT2D eigenvalue weighted by Crippen LogP contribution is -2.12. The maximum atomic E-state index is 12.4. The van der Waals surface area contributed by atoms with Gasteiger partial charge in [0, 0.05) is 24.3 Å². The predicted molar refractivity (Wildman–Crippen MR) is 110 cm³/mol. The summed E-state index contributed by atoms with van der Waals surface area (Å²) in [4.78, 5) is 16.6. The molecule has 8 nitrogen and oxygen atoms in total. The van der Waals surface area contributed by atoms with Gasteiger partial charge in [0.2, 0.25) is 5.13 Å². The molecule has 4 aromatic rings. The summed E-state index contributed by atoms with van der Waals surface area (Å²) in [5, 5.41) is 24.2. The number of rotatable bonds is 6. The summed E-state index contributed by atoms with van der Waals surface area (Å²) in [5.41, 5.74) is 2.13. The summed E-state index contributed by atoms with van der Waals surface area (Å²) in [5.74, 6) is 1.03. The highest BCUT2D eigenvalue weighted by Gasteiger charge is 2.12. The second kappa shape index (κ2) is 8.64. The molecule has 0 fully saturated rings. The van der Waals surface area contributed by atoms with Gasteiger partial charge in [-0.05, 0) is 35.9 Å². The lowest BCUT2D eigenvalue weighted by atomic mass is 10.2. The van der Waals surface area contributed by atoms with Crippen LogP contribution in [0.3, 0.4) is 0 Å². The molecule has 29 heavy (non-hydrogen) atoms. The third-order valence-electron chi connectivity index (χ3n) is 3.82. The average molecular weight is 419 g/mol. The Morgan fingerprint density at radius 1 is 1.21 bits per heavy atom. The number of hydrogen-bond donors (Lipinski definition) is 1. The normalized spacial score (nSPS) is 10.4. The Labute approximate surface area is 174 Å². The molecule has 3 heterocycles. The van der Waals surface area contributed by atoms with E-state index in [0.29, 0.717) is 27.8 Å². The number of aromatic nitrogens is 5. The van der Waals surface area contributed by atoms with E-state index in [-0.39, 0.29) is 5.91 Å². The summed E-state index contributed by atoms with van der Waals surface area (Å²) in [6.07, 6.45) is 4.93. The van der Waals surface area contributed by atoms with Crippen molar-refractivity contribution in [3.63, 3.8) is 0 Å². The Hall–Kier alpha value is -3.55. The molecule has 0 aliphatic heterocycles. The quantitative estimate of drug-likeness (QED) is 0.376. The molecule has 0 bridgehead atoms. The first-order valence-electron chi connectivity index (χ1n) is 8.44. The van der Waals surface area contributed by atoms with Gasteiger partial charge >= 0.3 is 0 Å². The summed E-state index contributed by atoms with van der Waals surface area (Å²) in [6.45, 7) is 0. The highest BCUT2D eigenvalue weighted by molar-refractivity contribution is 8.00. The Balaban J connectivity index is 1.34. The zero-order valence-electron chi connectivity index (χ0n) is 14.9. The van der Waals surface area contributed by atoms with Crippen LogP contribution in [0.2, 0.25) is 0 Å². The van der Waals surface area contributed by atoms with Gasteiger partial charge < -0.3 is 0 Å². The zero-order valence-corrected chi connectivity index (χ0v) is 16.5. The number of anilines is 1. The number of nitrogens with zero attached hydrogens (tertiary/aromatic N) is 6. The first-order chi connectivity index (χ1) is 14.2. The topological polar surface area (TPSA) is 109 Å². The van der Waals surface area contributed by atoms with Crippen molar-refractivity contribution >= 4 is 34.1 Å². The van der Waals surface area contributed by atoms with Crippen molar-refractivity contribution in [1.29, 1.82) is 5.26 Å². The maximum absolute atomic E-state index is 12.4. The van der Waals surface area contributed by atoms with E-state index in [4.69, 9.17) is 5.26 Å². The number of amides is 1. The molecule has 142 valence electrons. The third-order valence-corrected chi connectivity index (χ3v) is 5.86. The van der Waals surface area contributed by atoms with Crippen molar-refractivity contribution in [2.75, 3.05) is 5.32 Å². The average Bonchev–Trinajstić information content (AvgIpc) is 3.45. The lowest BCUT2D eigenvalue weighted by molar-refractivity contribution is 0.102.